The number of ether oxygens (including phenoxy) is 1. The van der Waals surface area contributed by atoms with Crippen LogP contribution in [0.4, 0.5) is 0 Å². The average molecular weight is 858 g/mol. The van der Waals surface area contributed by atoms with Crippen LogP contribution in [-0.4, -0.2) is 26.1 Å². The molecular weight excluding hydrogens is 820 g/mol. The van der Waals surface area contributed by atoms with Crippen molar-refractivity contribution in [3.05, 3.63) is 148 Å². The molecule has 5 nitrogen and oxygen atoms in total. The smallest absolute Gasteiger partial charge is 0.514 e. The van der Waals surface area contributed by atoms with Crippen LogP contribution >= 0.6 is 0 Å². The maximum absolute atomic E-state index is 6.56. The third-order valence-electron chi connectivity index (χ3n) is 10.8. The van der Waals surface area contributed by atoms with Crippen molar-refractivity contribution >= 4 is 49.5 Å². The summed E-state index contributed by atoms with van der Waals surface area (Å²) in [5, 5.41) is 4.73. The van der Waals surface area contributed by atoms with E-state index >= 15 is 0 Å². The fraction of sp³-hybridized carbons (Fsp3) is 0.217. The summed E-state index contributed by atoms with van der Waals surface area (Å²) in [5.74, 6) is 1.57. The van der Waals surface area contributed by atoms with Crippen LogP contribution in [0.5, 0.6) is 0 Å². The van der Waals surface area contributed by atoms with Gasteiger partial charge in [-0.3, -0.25) is 4.99 Å². The molecule has 0 saturated carbocycles. The van der Waals surface area contributed by atoms with E-state index in [0.717, 1.165) is 56.5 Å². The molecule has 0 radical (unpaired) electrons. The fourth-order valence-corrected chi connectivity index (χ4v) is 8.31. The Balaban J connectivity index is 0.00000360. The summed E-state index contributed by atoms with van der Waals surface area (Å²) in [4.78, 5) is 10.1. The van der Waals surface area contributed by atoms with Crippen molar-refractivity contribution in [2.75, 3.05) is 0 Å². The Bertz CT molecular complexity index is 2800. The minimum absolute atomic E-state index is 0. The van der Waals surface area contributed by atoms with Crippen molar-refractivity contribution in [2.45, 2.75) is 65.5 Å². The van der Waals surface area contributed by atoms with Gasteiger partial charge in [0.1, 0.15) is 23.9 Å². The third-order valence-corrected chi connectivity index (χ3v) is 10.8. The SMILES string of the molecule is Cc1cc(C2=N[C@@H]3c4ccccc4C[C@@H]3O2)[c-]c(-n2c3[c-]c4c(cc3c3cc(C)ccc32)c2cc(C)ccc2n4-c2cc(C(C)(C)C)ccn2)c1.[Pt+2]. The molecule has 3 aromatic heterocycles. The largest absolute Gasteiger partial charge is 2.00 e. The molecule has 1 aliphatic carbocycles. The number of pyridine rings is 1. The molecule has 0 unspecified atom stereocenters. The Kier molecular flexibility index (Phi) is 7.44. The standard InChI is InChI=1S/C46H38N4O.Pt/c1-26-11-13-38-34(19-26)36-24-37-35-20-27(2)12-14-39(35)50(43-23-31(15-16-47-43)46(4,5)6)41(37)25-40(36)49(38)32-18-28(3)17-30(21-32)45-48-44-33-10-8-7-9-29(33)22-42(44)51-45;/h7-20,23-24,42,44H,22H2,1-6H3;/q-2;+2/t42-,44+;/m0./s1. The van der Waals surface area contributed by atoms with Crippen molar-refractivity contribution in [3.8, 4) is 11.5 Å². The first-order chi connectivity index (χ1) is 24.6. The summed E-state index contributed by atoms with van der Waals surface area (Å²) in [6.07, 6.45) is 2.85. The van der Waals surface area contributed by atoms with Gasteiger partial charge in [-0.15, -0.1) is 40.6 Å². The van der Waals surface area contributed by atoms with Gasteiger partial charge in [-0.05, 0) is 76.7 Å². The van der Waals surface area contributed by atoms with Gasteiger partial charge >= 0.3 is 21.1 Å². The van der Waals surface area contributed by atoms with Crippen LogP contribution in [0, 0.1) is 32.9 Å². The number of benzene rings is 5. The third kappa shape index (κ3) is 5.00. The topological polar surface area (TPSA) is 44.3 Å². The normalized spacial score (nSPS) is 16.7. The molecule has 1 aliphatic heterocycles. The summed E-state index contributed by atoms with van der Waals surface area (Å²) in [6, 6.07) is 40.8. The molecule has 5 aromatic carbocycles. The second-order valence-electron chi connectivity index (χ2n) is 15.6. The minimum atomic E-state index is -0.0115. The fourth-order valence-electron chi connectivity index (χ4n) is 8.31. The number of aromatic nitrogens is 3. The quantitative estimate of drug-likeness (QED) is 0.166. The monoisotopic (exact) mass is 857 g/mol. The number of rotatable bonds is 3. The van der Waals surface area contributed by atoms with Gasteiger partial charge in [-0.1, -0.05) is 104 Å². The molecule has 6 heteroatoms. The first kappa shape index (κ1) is 32.9. The summed E-state index contributed by atoms with van der Waals surface area (Å²) < 4.78 is 11.2. The van der Waals surface area contributed by atoms with Crippen molar-refractivity contribution in [2.24, 2.45) is 4.99 Å². The van der Waals surface area contributed by atoms with E-state index in [2.05, 4.69) is 154 Å². The summed E-state index contributed by atoms with van der Waals surface area (Å²) >= 11 is 0. The molecule has 0 N–H and O–H groups in total. The molecule has 0 spiro atoms. The Labute approximate surface area is 318 Å². The number of aryl methyl sites for hydroxylation is 3. The molecule has 0 bridgehead atoms. The number of aliphatic imine (C=N–C) groups is 1. The number of nitrogens with zero attached hydrogens (tertiary/aromatic N) is 4. The molecule has 0 amide bonds. The van der Waals surface area contributed by atoms with Crippen LogP contribution in [-0.2, 0) is 37.6 Å². The Morgan fingerprint density at radius 2 is 1.40 bits per heavy atom. The van der Waals surface area contributed by atoms with Crippen LogP contribution in [0.15, 0.2) is 102 Å². The molecule has 52 heavy (non-hydrogen) atoms. The summed E-state index contributed by atoms with van der Waals surface area (Å²) in [5.41, 5.74) is 13.5. The predicted molar refractivity (Wildman–Crippen MR) is 208 cm³/mol. The molecule has 0 fully saturated rings. The van der Waals surface area contributed by atoms with Crippen LogP contribution in [0.25, 0.3) is 55.1 Å². The van der Waals surface area contributed by atoms with Crippen molar-refractivity contribution in [1.82, 2.24) is 14.1 Å². The Hall–Kier alpha value is -4.99. The van der Waals surface area contributed by atoms with E-state index in [4.69, 9.17) is 14.7 Å². The maximum Gasteiger partial charge on any atom is 2.00 e. The van der Waals surface area contributed by atoms with Crippen LogP contribution in [0.2, 0.25) is 0 Å². The molecule has 4 heterocycles. The number of fused-ring (bicyclic) bond motifs is 9. The van der Waals surface area contributed by atoms with Crippen molar-refractivity contribution in [1.29, 1.82) is 0 Å². The predicted octanol–water partition coefficient (Wildman–Crippen LogP) is 10.5. The Morgan fingerprint density at radius 1 is 0.712 bits per heavy atom. The summed E-state index contributed by atoms with van der Waals surface area (Å²) in [6.45, 7) is 13.2. The molecule has 258 valence electrons. The second-order valence-corrected chi connectivity index (χ2v) is 15.6. The van der Waals surface area contributed by atoms with E-state index in [1.807, 2.05) is 6.20 Å². The van der Waals surface area contributed by atoms with E-state index in [0.29, 0.717) is 5.90 Å². The first-order valence-corrected chi connectivity index (χ1v) is 17.9. The zero-order valence-corrected chi connectivity index (χ0v) is 32.4. The zero-order valence-electron chi connectivity index (χ0n) is 30.1. The molecule has 2 aliphatic rings. The molecule has 10 rings (SSSR count). The number of hydrogen-bond donors (Lipinski definition) is 0. The van der Waals surface area contributed by atoms with Gasteiger partial charge in [0.2, 0.25) is 0 Å². The van der Waals surface area contributed by atoms with E-state index in [-0.39, 0.29) is 38.6 Å². The van der Waals surface area contributed by atoms with Crippen LogP contribution in [0.1, 0.15) is 65.8 Å². The number of hydrogen-bond acceptors (Lipinski definition) is 3. The van der Waals surface area contributed by atoms with Crippen molar-refractivity contribution < 1.29 is 25.8 Å². The van der Waals surface area contributed by atoms with Crippen LogP contribution in [0.3, 0.4) is 0 Å². The van der Waals surface area contributed by atoms with Gasteiger partial charge in [0.05, 0.1) is 0 Å². The van der Waals surface area contributed by atoms with Gasteiger partial charge < -0.3 is 13.9 Å². The first-order valence-electron chi connectivity index (χ1n) is 17.9. The second kappa shape index (κ2) is 11.8. The molecule has 0 saturated heterocycles. The van der Waals surface area contributed by atoms with E-state index in [1.165, 1.54) is 44.0 Å². The van der Waals surface area contributed by atoms with Gasteiger partial charge in [-0.25, -0.2) is 4.98 Å². The van der Waals surface area contributed by atoms with Crippen molar-refractivity contribution in [3.63, 3.8) is 0 Å². The summed E-state index contributed by atoms with van der Waals surface area (Å²) in [7, 11) is 0. The average Bonchev–Trinajstić information content (AvgIpc) is 3.84. The van der Waals surface area contributed by atoms with Gasteiger partial charge in [0.25, 0.3) is 0 Å². The van der Waals surface area contributed by atoms with E-state index in [9.17, 15) is 0 Å². The van der Waals surface area contributed by atoms with Gasteiger partial charge in [-0.2, -0.15) is 6.07 Å². The Morgan fingerprint density at radius 3 is 2.13 bits per heavy atom. The molecule has 8 aromatic rings. The van der Waals surface area contributed by atoms with Gasteiger partial charge in [0, 0.05) is 23.7 Å². The minimum Gasteiger partial charge on any atom is -0.514 e. The maximum atomic E-state index is 6.56. The zero-order chi connectivity index (χ0) is 34.8. The van der Waals surface area contributed by atoms with Crippen LogP contribution < -0.4 is 0 Å². The van der Waals surface area contributed by atoms with Gasteiger partial charge in [0.15, 0.2) is 0 Å². The van der Waals surface area contributed by atoms with E-state index < -0.39 is 0 Å². The van der Waals surface area contributed by atoms with E-state index in [1.54, 1.807) is 0 Å². The molecular formula is C46H38N4OPt. The molecule has 2 atom stereocenters.